The maximum Gasteiger partial charge on any atom is 0.365 e. The smallest absolute Gasteiger partial charge is 0.365 e. The van der Waals surface area contributed by atoms with Crippen molar-refractivity contribution in [3.63, 3.8) is 0 Å². The molecule has 3 rings (SSSR count). The van der Waals surface area contributed by atoms with E-state index in [2.05, 4.69) is 22.3 Å². The maximum absolute atomic E-state index is 11.8. The zero-order valence-electron chi connectivity index (χ0n) is 11.6. The van der Waals surface area contributed by atoms with E-state index in [4.69, 9.17) is 4.52 Å². The van der Waals surface area contributed by atoms with Crippen LogP contribution in [0.3, 0.4) is 0 Å². The molecule has 0 amide bonds. The standard InChI is InChI=1S/C15H19N3O2/c1-2-18-11-14(15(19)20-18)12-3-5-13(6-4-12)17-9-7-16-8-10-17/h3-6,11,16H,2,7-10H2,1H3. The van der Waals surface area contributed by atoms with Crippen LogP contribution in [0.4, 0.5) is 5.69 Å². The molecule has 0 radical (unpaired) electrons. The monoisotopic (exact) mass is 273 g/mol. The van der Waals surface area contributed by atoms with Gasteiger partial charge < -0.3 is 14.7 Å². The summed E-state index contributed by atoms with van der Waals surface area (Å²) in [6.45, 7) is 6.69. The van der Waals surface area contributed by atoms with Gasteiger partial charge in [0.2, 0.25) is 0 Å². The fourth-order valence-corrected chi connectivity index (χ4v) is 2.50. The van der Waals surface area contributed by atoms with Crippen LogP contribution < -0.4 is 15.8 Å². The van der Waals surface area contributed by atoms with Crippen LogP contribution in [-0.2, 0) is 6.54 Å². The first-order chi connectivity index (χ1) is 9.78. The molecule has 1 fully saturated rings. The minimum Gasteiger partial charge on any atom is -0.369 e. The van der Waals surface area contributed by atoms with Gasteiger partial charge in [-0.15, -0.1) is 0 Å². The van der Waals surface area contributed by atoms with Gasteiger partial charge in [0.05, 0.1) is 18.3 Å². The highest BCUT2D eigenvalue weighted by molar-refractivity contribution is 5.64. The number of nitrogens with zero attached hydrogens (tertiary/aromatic N) is 2. The molecule has 0 bridgehead atoms. The largest absolute Gasteiger partial charge is 0.369 e. The Morgan fingerprint density at radius 1 is 1.20 bits per heavy atom. The Labute approximate surface area is 117 Å². The lowest BCUT2D eigenvalue weighted by atomic mass is 10.1. The maximum atomic E-state index is 11.8. The highest BCUT2D eigenvalue weighted by atomic mass is 16.5. The average Bonchev–Trinajstić information content (AvgIpc) is 2.89. The Bertz CT molecular complexity index is 621. The molecule has 0 saturated carbocycles. The first kappa shape index (κ1) is 13.0. The molecule has 0 atom stereocenters. The summed E-state index contributed by atoms with van der Waals surface area (Å²) in [5.41, 5.74) is 2.46. The highest BCUT2D eigenvalue weighted by Gasteiger charge is 2.12. The van der Waals surface area contributed by atoms with Crippen molar-refractivity contribution in [3.05, 3.63) is 40.9 Å². The molecule has 0 unspecified atom stereocenters. The Kier molecular flexibility index (Phi) is 3.60. The first-order valence-electron chi connectivity index (χ1n) is 7.05. The predicted molar refractivity (Wildman–Crippen MR) is 79.2 cm³/mol. The van der Waals surface area contributed by atoms with Gasteiger partial charge in [-0.1, -0.05) is 12.1 Å². The van der Waals surface area contributed by atoms with E-state index in [0.717, 1.165) is 31.7 Å². The van der Waals surface area contributed by atoms with Crippen LogP contribution in [0, 0.1) is 0 Å². The topological polar surface area (TPSA) is 50.4 Å². The molecule has 1 N–H and O–H groups in total. The lowest BCUT2D eigenvalue weighted by molar-refractivity contribution is 0.260. The van der Waals surface area contributed by atoms with Crippen molar-refractivity contribution in [1.82, 2.24) is 10.1 Å². The van der Waals surface area contributed by atoms with Gasteiger partial charge in [0.25, 0.3) is 0 Å². The van der Waals surface area contributed by atoms with Crippen molar-refractivity contribution in [2.75, 3.05) is 31.1 Å². The fourth-order valence-electron chi connectivity index (χ4n) is 2.50. The molecule has 5 heteroatoms. The molecule has 0 spiro atoms. The van der Waals surface area contributed by atoms with E-state index in [1.54, 1.807) is 10.9 Å². The summed E-state index contributed by atoms with van der Waals surface area (Å²) in [6, 6.07) is 8.12. The van der Waals surface area contributed by atoms with Crippen LogP contribution in [0.25, 0.3) is 11.1 Å². The molecular weight excluding hydrogens is 254 g/mol. The van der Waals surface area contributed by atoms with Crippen molar-refractivity contribution in [1.29, 1.82) is 0 Å². The molecule has 1 aromatic heterocycles. The summed E-state index contributed by atoms with van der Waals surface area (Å²) in [5, 5.41) is 3.34. The molecule has 0 aliphatic carbocycles. The van der Waals surface area contributed by atoms with E-state index in [1.807, 2.05) is 19.1 Å². The van der Waals surface area contributed by atoms with Gasteiger partial charge in [0.1, 0.15) is 0 Å². The van der Waals surface area contributed by atoms with Crippen molar-refractivity contribution >= 4 is 5.69 Å². The molecule has 1 aromatic carbocycles. The molecule has 5 nitrogen and oxygen atoms in total. The molecule has 2 heterocycles. The third kappa shape index (κ3) is 2.49. The third-order valence-corrected chi connectivity index (χ3v) is 3.67. The van der Waals surface area contributed by atoms with Gasteiger partial charge in [0.15, 0.2) is 0 Å². The van der Waals surface area contributed by atoms with E-state index in [-0.39, 0.29) is 5.63 Å². The van der Waals surface area contributed by atoms with E-state index in [1.165, 1.54) is 5.69 Å². The quantitative estimate of drug-likeness (QED) is 0.921. The van der Waals surface area contributed by atoms with Crippen molar-refractivity contribution in [2.45, 2.75) is 13.5 Å². The summed E-state index contributed by atoms with van der Waals surface area (Å²) in [6.07, 6.45) is 1.77. The zero-order valence-corrected chi connectivity index (χ0v) is 11.6. The van der Waals surface area contributed by atoms with Crippen molar-refractivity contribution < 1.29 is 4.52 Å². The Morgan fingerprint density at radius 2 is 1.90 bits per heavy atom. The Morgan fingerprint density at radius 3 is 2.50 bits per heavy atom. The molecule has 2 aromatic rings. The summed E-state index contributed by atoms with van der Waals surface area (Å²) in [4.78, 5) is 14.1. The minimum absolute atomic E-state index is 0.276. The normalized spacial score (nSPS) is 15.6. The van der Waals surface area contributed by atoms with Crippen molar-refractivity contribution in [3.8, 4) is 11.1 Å². The third-order valence-electron chi connectivity index (χ3n) is 3.67. The molecule has 1 aliphatic rings. The first-order valence-corrected chi connectivity index (χ1v) is 7.05. The van der Waals surface area contributed by atoms with Crippen LogP contribution in [-0.4, -0.2) is 30.9 Å². The lowest BCUT2D eigenvalue weighted by Crippen LogP contribution is -2.43. The van der Waals surface area contributed by atoms with E-state index >= 15 is 0 Å². The zero-order chi connectivity index (χ0) is 13.9. The van der Waals surface area contributed by atoms with Crippen LogP contribution in [0.15, 0.2) is 39.8 Å². The molecular formula is C15H19N3O2. The van der Waals surface area contributed by atoms with Crippen LogP contribution in [0.5, 0.6) is 0 Å². The van der Waals surface area contributed by atoms with E-state index < -0.39 is 0 Å². The van der Waals surface area contributed by atoms with Crippen LogP contribution in [0.2, 0.25) is 0 Å². The summed E-state index contributed by atoms with van der Waals surface area (Å²) < 4.78 is 6.66. The van der Waals surface area contributed by atoms with Gasteiger partial charge in [-0.05, 0) is 24.6 Å². The summed E-state index contributed by atoms with van der Waals surface area (Å²) >= 11 is 0. The van der Waals surface area contributed by atoms with E-state index in [0.29, 0.717) is 12.1 Å². The summed E-state index contributed by atoms with van der Waals surface area (Å²) in [5.74, 6) is 0. The average molecular weight is 273 g/mol. The second-order valence-electron chi connectivity index (χ2n) is 4.94. The van der Waals surface area contributed by atoms with Crippen LogP contribution in [0.1, 0.15) is 6.92 Å². The highest BCUT2D eigenvalue weighted by Crippen LogP contribution is 2.21. The minimum atomic E-state index is -0.276. The van der Waals surface area contributed by atoms with Gasteiger partial charge in [-0.25, -0.2) is 9.53 Å². The number of aromatic nitrogens is 1. The molecule has 1 saturated heterocycles. The van der Waals surface area contributed by atoms with Crippen LogP contribution >= 0.6 is 0 Å². The second kappa shape index (κ2) is 5.54. The van der Waals surface area contributed by atoms with Gasteiger partial charge >= 0.3 is 5.63 Å². The Hall–Kier alpha value is -2.01. The van der Waals surface area contributed by atoms with E-state index in [9.17, 15) is 4.79 Å². The molecule has 1 aliphatic heterocycles. The number of hydrogen-bond acceptors (Lipinski definition) is 4. The van der Waals surface area contributed by atoms with Gasteiger partial charge in [-0.3, -0.25) is 0 Å². The number of hydrogen-bond donors (Lipinski definition) is 1. The number of anilines is 1. The molecule has 106 valence electrons. The lowest BCUT2D eigenvalue weighted by Gasteiger charge is -2.29. The van der Waals surface area contributed by atoms with Gasteiger partial charge in [0, 0.05) is 31.9 Å². The SMILES string of the molecule is CCn1cc(-c2ccc(N3CCNCC3)cc2)c(=O)o1. The number of aryl methyl sites for hydroxylation is 1. The predicted octanol–water partition coefficient (Wildman–Crippen LogP) is 1.54. The summed E-state index contributed by atoms with van der Waals surface area (Å²) in [7, 11) is 0. The molecule has 20 heavy (non-hydrogen) atoms. The van der Waals surface area contributed by atoms with Crippen molar-refractivity contribution in [2.24, 2.45) is 0 Å². The van der Waals surface area contributed by atoms with Gasteiger partial charge in [-0.2, -0.15) is 0 Å². The number of rotatable bonds is 3. The second-order valence-corrected chi connectivity index (χ2v) is 4.94. The number of nitrogens with one attached hydrogen (secondary N) is 1. The number of benzene rings is 1. The fraction of sp³-hybridized carbons (Fsp3) is 0.400. The number of piperazine rings is 1. The Balaban J connectivity index is 1.85.